The Morgan fingerprint density at radius 3 is 2.52 bits per heavy atom. The van der Waals surface area contributed by atoms with Crippen LogP contribution in [0.25, 0.3) is 0 Å². The van der Waals surface area contributed by atoms with E-state index >= 15 is 0 Å². The van der Waals surface area contributed by atoms with Crippen molar-refractivity contribution < 1.29 is 29.0 Å². The zero-order valence-corrected chi connectivity index (χ0v) is 17.2. The Labute approximate surface area is 170 Å². The molecule has 1 saturated heterocycles. The summed E-state index contributed by atoms with van der Waals surface area (Å²) in [5.74, 6) is 0.515. The molecule has 0 saturated carbocycles. The molecule has 1 fully saturated rings. The van der Waals surface area contributed by atoms with Gasteiger partial charge < -0.3 is 25.2 Å². The van der Waals surface area contributed by atoms with E-state index in [1.807, 2.05) is 13.8 Å². The summed E-state index contributed by atoms with van der Waals surface area (Å²) in [6, 6.07) is 3.59. The van der Waals surface area contributed by atoms with Gasteiger partial charge in [0, 0.05) is 6.42 Å². The smallest absolute Gasteiger partial charge is 0.325 e. The normalized spacial score (nSPS) is 17.3. The zero-order valence-electron chi connectivity index (χ0n) is 17.2. The fourth-order valence-corrected chi connectivity index (χ4v) is 3.06. The Kier molecular flexibility index (Phi) is 7.83. The second-order valence-corrected chi connectivity index (χ2v) is 7.26. The highest BCUT2D eigenvalue weighted by molar-refractivity contribution is 6.04. The van der Waals surface area contributed by atoms with E-state index in [4.69, 9.17) is 9.47 Å². The summed E-state index contributed by atoms with van der Waals surface area (Å²) >= 11 is 0. The lowest BCUT2D eigenvalue weighted by atomic mass is 10.0. The molecule has 0 radical (unpaired) electrons. The topological polar surface area (TPSA) is 117 Å². The van der Waals surface area contributed by atoms with Crippen LogP contribution < -0.4 is 20.1 Å². The molecular weight excluding hydrogens is 378 g/mol. The molecule has 2 unspecified atom stereocenters. The fraction of sp³-hybridized carbons (Fsp3) is 0.550. The van der Waals surface area contributed by atoms with Crippen LogP contribution in [0.2, 0.25) is 0 Å². The first kappa shape index (κ1) is 22.5. The number of aliphatic hydroxyl groups is 1. The van der Waals surface area contributed by atoms with E-state index in [-0.39, 0.29) is 49.8 Å². The number of nitrogens with one attached hydrogen (secondary N) is 2. The van der Waals surface area contributed by atoms with Gasteiger partial charge in [0.15, 0.2) is 11.5 Å². The van der Waals surface area contributed by atoms with Crippen LogP contribution in [0.3, 0.4) is 0 Å². The SMILES string of the molecule is COc1ccc(CN2C(=O)NC(CCC(=O)NC(CO)C(C)C)C2=O)cc1OC. The number of carbonyl (C=O) groups is 3. The molecule has 1 aliphatic heterocycles. The lowest BCUT2D eigenvalue weighted by Crippen LogP contribution is -2.42. The molecule has 3 N–H and O–H groups in total. The lowest BCUT2D eigenvalue weighted by molar-refractivity contribution is -0.128. The second kappa shape index (κ2) is 10.1. The highest BCUT2D eigenvalue weighted by atomic mass is 16.5. The molecule has 9 nitrogen and oxygen atoms in total. The van der Waals surface area contributed by atoms with Crippen LogP contribution in [0.1, 0.15) is 32.3 Å². The molecule has 0 aromatic heterocycles. The summed E-state index contributed by atoms with van der Waals surface area (Å²) < 4.78 is 10.4. The highest BCUT2D eigenvalue weighted by Crippen LogP contribution is 2.28. The summed E-state index contributed by atoms with van der Waals surface area (Å²) in [5.41, 5.74) is 0.715. The number of nitrogens with zero attached hydrogens (tertiary/aromatic N) is 1. The van der Waals surface area contributed by atoms with E-state index in [1.54, 1.807) is 18.2 Å². The standard InChI is InChI=1S/C20H29N3O6/c1-12(2)15(11-24)21-18(25)8-6-14-19(26)23(20(27)22-14)10-13-5-7-16(28-3)17(9-13)29-4/h5,7,9,12,14-15,24H,6,8,10-11H2,1-4H3,(H,21,25)(H,22,27). The minimum absolute atomic E-state index is 0.0735. The Hall–Kier alpha value is -2.81. The predicted octanol–water partition coefficient (Wildman–Crippen LogP) is 1.04. The summed E-state index contributed by atoms with van der Waals surface area (Å²) in [5, 5.41) is 14.7. The number of benzene rings is 1. The van der Waals surface area contributed by atoms with E-state index < -0.39 is 12.1 Å². The van der Waals surface area contributed by atoms with Gasteiger partial charge in [-0.2, -0.15) is 0 Å². The number of carbonyl (C=O) groups excluding carboxylic acids is 3. The van der Waals surface area contributed by atoms with Crippen molar-refractivity contribution in [2.45, 2.75) is 45.3 Å². The third-order valence-electron chi connectivity index (χ3n) is 4.90. The number of hydrogen-bond acceptors (Lipinski definition) is 6. The van der Waals surface area contributed by atoms with Gasteiger partial charge in [-0.05, 0) is 30.0 Å². The summed E-state index contributed by atoms with van der Waals surface area (Å²) in [4.78, 5) is 38.1. The number of methoxy groups -OCH3 is 2. The monoisotopic (exact) mass is 407 g/mol. The van der Waals surface area contributed by atoms with Crippen LogP contribution in [-0.4, -0.2) is 60.8 Å². The van der Waals surface area contributed by atoms with Crippen LogP contribution in [0.4, 0.5) is 4.79 Å². The number of hydrogen-bond donors (Lipinski definition) is 3. The van der Waals surface area contributed by atoms with E-state index in [1.165, 1.54) is 14.2 Å². The molecule has 0 spiro atoms. The van der Waals surface area contributed by atoms with E-state index in [9.17, 15) is 19.5 Å². The number of ether oxygens (including phenoxy) is 2. The number of amides is 4. The van der Waals surface area contributed by atoms with Crippen LogP contribution >= 0.6 is 0 Å². The number of rotatable bonds is 10. The first-order valence-corrected chi connectivity index (χ1v) is 9.53. The zero-order chi connectivity index (χ0) is 21.6. The fourth-order valence-electron chi connectivity index (χ4n) is 3.06. The summed E-state index contributed by atoms with van der Waals surface area (Å²) in [6.07, 6.45) is 0.263. The van der Waals surface area contributed by atoms with Gasteiger partial charge in [-0.1, -0.05) is 19.9 Å². The van der Waals surface area contributed by atoms with Crippen molar-refractivity contribution in [3.63, 3.8) is 0 Å². The van der Waals surface area contributed by atoms with Crippen LogP contribution in [-0.2, 0) is 16.1 Å². The average Bonchev–Trinajstić information content (AvgIpc) is 2.97. The van der Waals surface area contributed by atoms with Crippen LogP contribution in [0.15, 0.2) is 18.2 Å². The van der Waals surface area contributed by atoms with Gasteiger partial charge in [0.25, 0.3) is 5.91 Å². The molecule has 0 aliphatic carbocycles. The Morgan fingerprint density at radius 1 is 1.24 bits per heavy atom. The van der Waals surface area contributed by atoms with E-state index in [0.29, 0.717) is 17.1 Å². The molecule has 1 aromatic carbocycles. The lowest BCUT2D eigenvalue weighted by Gasteiger charge is -2.20. The van der Waals surface area contributed by atoms with Crippen molar-refractivity contribution in [2.75, 3.05) is 20.8 Å². The van der Waals surface area contributed by atoms with Gasteiger partial charge in [-0.25, -0.2) is 4.79 Å². The maximum Gasteiger partial charge on any atom is 0.325 e. The summed E-state index contributed by atoms with van der Waals surface area (Å²) in [6.45, 7) is 3.73. The Balaban J connectivity index is 1.95. The molecule has 2 atom stereocenters. The molecule has 160 valence electrons. The van der Waals surface area contributed by atoms with E-state index in [2.05, 4.69) is 10.6 Å². The Bertz CT molecular complexity index is 752. The third kappa shape index (κ3) is 5.60. The number of aliphatic hydroxyl groups excluding tert-OH is 1. The predicted molar refractivity (Wildman–Crippen MR) is 106 cm³/mol. The minimum atomic E-state index is -0.750. The molecule has 1 aliphatic rings. The van der Waals surface area contributed by atoms with E-state index in [0.717, 1.165) is 4.90 Å². The van der Waals surface area contributed by atoms with Gasteiger partial charge in [-0.3, -0.25) is 14.5 Å². The van der Waals surface area contributed by atoms with Crippen molar-refractivity contribution in [1.29, 1.82) is 0 Å². The third-order valence-corrected chi connectivity index (χ3v) is 4.90. The van der Waals surface area contributed by atoms with Crippen molar-refractivity contribution in [2.24, 2.45) is 5.92 Å². The maximum atomic E-state index is 12.6. The first-order valence-electron chi connectivity index (χ1n) is 9.53. The minimum Gasteiger partial charge on any atom is -0.493 e. The highest BCUT2D eigenvalue weighted by Gasteiger charge is 2.38. The molecule has 9 heteroatoms. The van der Waals surface area contributed by atoms with Gasteiger partial charge in [-0.15, -0.1) is 0 Å². The molecular formula is C20H29N3O6. The largest absolute Gasteiger partial charge is 0.493 e. The van der Waals surface area contributed by atoms with Crippen molar-refractivity contribution in [3.8, 4) is 11.5 Å². The number of urea groups is 1. The van der Waals surface area contributed by atoms with Gasteiger partial charge in [0.2, 0.25) is 5.91 Å². The quantitative estimate of drug-likeness (QED) is 0.499. The number of imide groups is 1. The van der Waals surface area contributed by atoms with Crippen molar-refractivity contribution >= 4 is 17.8 Å². The maximum absolute atomic E-state index is 12.6. The van der Waals surface area contributed by atoms with Crippen LogP contribution in [0, 0.1) is 5.92 Å². The first-order chi connectivity index (χ1) is 13.8. The van der Waals surface area contributed by atoms with Gasteiger partial charge >= 0.3 is 6.03 Å². The molecule has 0 bridgehead atoms. The van der Waals surface area contributed by atoms with Gasteiger partial charge in [0.05, 0.1) is 33.4 Å². The molecule has 2 rings (SSSR count). The van der Waals surface area contributed by atoms with Crippen molar-refractivity contribution in [3.05, 3.63) is 23.8 Å². The summed E-state index contributed by atoms with van der Waals surface area (Å²) in [7, 11) is 3.04. The van der Waals surface area contributed by atoms with Gasteiger partial charge in [0.1, 0.15) is 6.04 Å². The molecule has 1 aromatic rings. The molecule has 4 amide bonds. The Morgan fingerprint density at radius 2 is 1.93 bits per heavy atom. The average molecular weight is 407 g/mol. The molecule has 1 heterocycles. The second-order valence-electron chi connectivity index (χ2n) is 7.26. The van der Waals surface area contributed by atoms with Crippen molar-refractivity contribution in [1.82, 2.24) is 15.5 Å². The molecule has 29 heavy (non-hydrogen) atoms. The van der Waals surface area contributed by atoms with Crippen LogP contribution in [0.5, 0.6) is 11.5 Å².